The molecule has 36 heavy (non-hydrogen) atoms. The van der Waals surface area contributed by atoms with Gasteiger partial charge < -0.3 is 26.6 Å². The molecule has 0 bridgehead atoms. The van der Waals surface area contributed by atoms with Crippen LogP contribution in [-0.4, -0.2) is 41.5 Å². The summed E-state index contributed by atoms with van der Waals surface area (Å²) in [5.41, 5.74) is 10.2. The van der Waals surface area contributed by atoms with Crippen molar-refractivity contribution in [1.82, 2.24) is 15.3 Å². The number of nitrogens with two attached hydrogens (primary N) is 1. The van der Waals surface area contributed by atoms with Gasteiger partial charge in [0, 0.05) is 54.8 Å². The molecule has 1 heterocycles. The number of hydrogen-bond donors (Lipinski definition) is 4. The third kappa shape index (κ3) is 8.06. The van der Waals surface area contributed by atoms with E-state index >= 15 is 0 Å². The van der Waals surface area contributed by atoms with E-state index in [0.29, 0.717) is 38.5 Å². The summed E-state index contributed by atoms with van der Waals surface area (Å²) in [7, 11) is 0. The van der Waals surface area contributed by atoms with Crippen LogP contribution in [0, 0.1) is 0 Å². The maximum Gasteiger partial charge on any atom is 0.227 e. The Balaban J connectivity index is 1.60. The lowest BCUT2D eigenvalue weighted by molar-refractivity contribution is -0.121. The Morgan fingerprint density at radius 2 is 1.56 bits per heavy atom. The monoisotopic (exact) mass is 489 g/mol. The van der Waals surface area contributed by atoms with Crippen molar-refractivity contribution >= 4 is 34.8 Å². The van der Waals surface area contributed by atoms with Crippen LogP contribution in [0.5, 0.6) is 0 Å². The van der Waals surface area contributed by atoms with Crippen molar-refractivity contribution in [3.63, 3.8) is 0 Å². The lowest BCUT2D eigenvalue weighted by Gasteiger charge is -2.23. The first-order chi connectivity index (χ1) is 17.5. The predicted molar refractivity (Wildman–Crippen MR) is 145 cm³/mol. The summed E-state index contributed by atoms with van der Waals surface area (Å²) < 4.78 is 0. The maximum atomic E-state index is 11.8. The molecule has 1 aromatic heterocycles. The molecule has 2 amide bonds. The molecule has 2 aromatic carbocycles. The van der Waals surface area contributed by atoms with Crippen molar-refractivity contribution in [3.05, 3.63) is 60.8 Å². The molecule has 0 unspecified atom stereocenters. The van der Waals surface area contributed by atoms with Crippen LogP contribution < -0.4 is 26.6 Å². The molecule has 0 spiro atoms. The molecule has 5 N–H and O–H groups in total. The molecule has 0 aliphatic carbocycles. The van der Waals surface area contributed by atoms with E-state index in [-0.39, 0.29) is 11.8 Å². The summed E-state index contributed by atoms with van der Waals surface area (Å²) >= 11 is 0. The third-order valence-corrected chi connectivity index (χ3v) is 5.49. The van der Waals surface area contributed by atoms with Gasteiger partial charge in [-0.05, 0) is 55.3 Å². The summed E-state index contributed by atoms with van der Waals surface area (Å²) in [5, 5.41) is 9.04. The Hall–Kier alpha value is -3.98. The second-order valence-corrected chi connectivity index (χ2v) is 8.36. The first kappa shape index (κ1) is 26.6. The van der Waals surface area contributed by atoms with E-state index < -0.39 is 0 Å². The average Bonchev–Trinajstić information content (AvgIpc) is 2.88. The molecule has 0 radical (unpaired) electrons. The second-order valence-electron chi connectivity index (χ2n) is 8.36. The maximum absolute atomic E-state index is 11.8. The largest absolute Gasteiger partial charge is 0.357 e. The minimum absolute atomic E-state index is 0.0121. The standard InChI is InChI=1S/C27H35N7O2/c1-3-5-25(35)29-17-18-34(19-28)23-13-11-22(12-14-23)32-27-30-16-15-24(33-27)20-7-9-21(10-8-20)31-26(36)6-4-2/h7-16H,3-6,17-19,28H2,1-2H3,(H,29,35)(H,31,36)(H,30,32,33). The van der Waals surface area contributed by atoms with E-state index in [4.69, 9.17) is 5.73 Å². The fourth-order valence-electron chi connectivity index (χ4n) is 3.61. The highest BCUT2D eigenvalue weighted by Gasteiger charge is 2.08. The van der Waals surface area contributed by atoms with Gasteiger partial charge in [0.05, 0.1) is 12.4 Å². The summed E-state index contributed by atoms with van der Waals surface area (Å²) in [6.45, 7) is 5.48. The predicted octanol–water partition coefficient (Wildman–Crippen LogP) is 4.26. The number of amides is 2. The number of carbonyl (C=O) groups excluding carboxylic acids is 2. The highest BCUT2D eigenvalue weighted by Crippen LogP contribution is 2.23. The van der Waals surface area contributed by atoms with Gasteiger partial charge in [-0.1, -0.05) is 26.0 Å². The van der Waals surface area contributed by atoms with Gasteiger partial charge in [-0.25, -0.2) is 9.97 Å². The van der Waals surface area contributed by atoms with Crippen molar-refractivity contribution in [2.45, 2.75) is 39.5 Å². The number of nitrogens with one attached hydrogen (secondary N) is 3. The summed E-state index contributed by atoms with van der Waals surface area (Å²) in [6, 6.07) is 17.3. The number of anilines is 4. The molecule has 0 aliphatic rings. The van der Waals surface area contributed by atoms with E-state index in [9.17, 15) is 9.59 Å². The SMILES string of the molecule is CCCC(=O)NCCN(CN)c1ccc(Nc2nccc(-c3ccc(NC(=O)CCC)cc3)n2)cc1. The second kappa shape index (κ2) is 13.8. The van der Waals surface area contributed by atoms with E-state index in [1.807, 2.05) is 73.3 Å². The van der Waals surface area contributed by atoms with Crippen molar-refractivity contribution in [1.29, 1.82) is 0 Å². The van der Waals surface area contributed by atoms with Gasteiger partial charge in [0.25, 0.3) is 0 Å². The molecule has 0 saturated carbocycles. The van der Waals surface area contributed by atoms with Crippen LogP contribution in [0.15, 0.2) is 60.8 Å². The molecule has 3 rings (SSSR count). The lowest BCUT2D eigenvalue weighted by Crippen LogP contribution is -2.37. The molecule has 0 saturated heterocycles. The number of hydrogen-bond acceptors (Lipinski definition) is 7. The molecule has 0 fully saturated rings. The molecule has 0 atom stereocenters. The average molecular weight is 490 g/mol. The van der Waals surface area contributed by atoms with Gasteiger partial charge in [0.1, 0.15) is 0 Å². The third-order valence-electron chi connectivity index (χ3n) is 5.49. The zero-order valence-corrected chi connectivity index (χ0v) is 21.0. The molecular formula is C27H35N7O2. The quantitative estimate of drug-likeness (QED) is 0.264. The number of nitrogens with zero attached hydrogens (tertiary/aromatic N) is 3. The Morgan fingerprint density at radius 1 is 0.889 bits per heavy atom. The molecular weight excluding hydrogens is 454 g/mol. The van der Waals surface area contributed by atoms with Gasteiger partial charge in [-0.2, -0.15) is 0 Å². The number of aromatic nitrogens is 2. The van der Waals surface area contributed by atoms with Crippen LogP contribution >= 0.6 is 0 Å². The van der Waals surface area contributed by atoms with Crippen molar-refractivity contribution in [2.75, 3.05) is 35.3 Å². The van der Waals surface area contributed by atoms with Crippen LogP contribution in [0.1, 0.15) is 39.5 Å². The lowest BCUT2D eigenvalue weighted by atomic mass is 10.1. The topological polar surface area (TPSA) is 125 Å². The molecule has 0 aliphatic heterocycles. The van der Waals surface area contributed by atoms with E-state index in [0.717, 1.165) is 41.2 Å². The van der Waals surface area contributed by atoms with E-state index in [2.05, 4.69) is 25.9 Å². The van der Waals surface area contributed by atoms with Crippen LogP contribution in [0.3, 0.4) is 0 Å². The normalized spacial score (nSPS) is 10.5. The zero-order chi connectivity index (χ0) is 25.8. The van der Waals surface area contributed by atoms with Gasteiger partial charge in [0.2, 0.25) is 17.8 Å². The molecule has 9 nitrogen and oxygen atoms in total. The van der Waals surface area contributed by atoms with Crippen molar-refractivity contribution in [3.8, 4) is 11.3 Å². The Labute approximate surface area is 212 Å². The molecule has 3 aromatic rings. The highest BCUT2D eigenvalue weighted by molar-refractivity contribution is 5.90. The molecule has 190 valence electrons. The summed E-state index contributed by atoms with van der Waals surface area (Å²) in [4.78, 5) is 34.4. The Morgan fingerprint density at radius 3 is 2.22 bits per heavy atom. The van der Waals surface area contributed by atoms with Crippen LogP contribution in [-0.2, 0) is 9.59 Å². The zero-order valence-electron chi connectivity index (χ0n) is 21.0. The first-order valence-corrected chi connectivity index (χ1v) is 12.3. The van der Waals surface area contributed by atoms with Gasteiger partial charge in [0.15, 0.2) is 0 Å². The van der Waals surface area contributed by atoms with E-state index in [1.165, 1.54) is 0 Å². The van der Waals surface area contributed by atoms with Crippen LogP contribution in [0.25, 0.3) is 11.3 Å². The fourth-order valence-corrected chi connectivity index (χ4v) is 3.61. The summed E-state index contributed by atoms with van der Waals surface area (Å²) in [6.07, 6.45) is 4.39. The van der Waals surface area contributed by atoms with E-state index in [1.54, 1.807) is 6.20 Å². The smallest absolute Gasteiger partial charge is 0.227 e. The van der Waals surface area contributed by atoms with Gasteiger partial charge in [-0.3, -0.25) is 9.59 Å². The van der Waals surface area contributed by atoms with Gasteiger partial charge >= 0.3 is 0 Å². The number of carbonyl (C=O) groups is 2. The first-order valence-electron chi connectivity index (χ1n) is 12.3. The number of rotatable bonds is 13. The highest BCUT2D eigenvalue weighted by atomic mass is 16.2. The van der Waals surface area contributed by atoms with Crippen molar-refractivity contribution in [2.24, 2.45) is 5.73 Å². The van der Waals surface area contributed by atoms with Crippen LogP contribution in [0.2, 0.25) is 0 Å². The molecule has 9 heteroatoms. The number of benzene rings is 2. The van der Waals surface area contributed by atoms with Crippen LogP contribution in [0.4, 0.5) is 23.0 Å². The van der Waals surface area contributed by atoms with Crippen molar-refractivity contribution < 1.29 is 9.59 Å². The minimum Gasteiger partial charge on any atom is -0.357 e. The minimum atomic E-state index is 0.0121. The summed E-state index contributed by atoms with van der Waals surface area (Å²) in [5.74, 6) is 0.555. The van der Waals surface area contributed by atoms with Gasteiger partial charge in [-0.15, -0.1) is 0 Å². The fraction of sp³-hybridized carbons (Fsp3) is 0.333. The Kier molecular flexibility index (Phi) is 10.2. The Bertz CT molecular complexity index is 1120.